The maximum absolute atomic E-state index is 11.8. The van der Waals surface area contributed by atoms with Crippen molar-refractivity contribution in [3.05, 3.63) is 35.5 Å². The maximum atomic E-state index is 11.8. The standard InChI is InChI=1S/C18H25N3O2/c1-2-14-4-3-5-16-15(11-20-17(14)16)6-8-19-18(22)21-10-13-7-9-23-12-13/h3-5,11,13,20H,2,6-10,12H2,1H3,(H2,19,21,22). The maximum Gasteiger partial charge on any atom is 0.314 e. The topological polar surface area (TPSA) is 66.2 Å². The molecule has 1 saturated heterocycles. The van der Waals surface area contributed by atoms with Crippen molar-refractivity contribution in [2.75, 3.05) is 26.3 Å². The summed E-state index contributed by atoms with van der Waals surface area (Å²) in [5, 5.41) is 7.11. The second-order valence-corrected chi connectivity index (χ2v) is 6.12. The van der Waals surface area contributed by atoms with E-state index in [1.807, 2.05) is 0 Å². The number of amides is 2. The van der Waals surface area contributed by atoms with Crippen molar-refractivity contribution < 1.29 is 9.53 Å². The lowest BCUT2D eigenvalue weighted by molar-refractivity contribution is 0.185. The zero-order valence-corrected chi connectivity index (χ0v) is 13.7. The minimum Gasteiger partial charge on any atom is -0.381 e. The molecular formula is C18H25N3O2. The molecule has 3 rings (SSSR count). The van der Waals surface area contributed by atoms with E-state index in [1.165, 1.54) is 22.0 Å². The van der Waals surface area contributed by atoms with Gasteiger partial charge in [-0.1, -0.05) is 25.1 Å². The van der Waals surface area contributed by atoms with Crippen molar-refractivity contribution in [2.45, 2.75) is 26.2 Å². The van der Waals surface area contributed by atoms with Gasteiger partial charge in [0, 0.05) is 42.7 Å². The number of H-pyrrole nitrogens is 1. The van der Waals surface area contributed by atoms with Crippen LogP contribution in [0.15, 0.2) is 24.4 Å². The summed E-state index contributed by atoms with van der Waals surface area (Å²) in [6.07, 6.45) is 4.94. The highest BCUT2D eigenvalue weighted by Gasteiger charge is 2.16. The molecule has 1 atom stereocenters. The van der Waals surface area contributed by atoms with Gasteiger partial charge in [0.2, 0.25) is 0 Å². The average molecular weight is 315 g/mol. The molecule has 1 aromatic heterocycles. The van der Waals surface area contributed by atoms with E-state index in [4.69, 9.17) is 4.74 Å². The molecule has 5 nitrogen and oxygen atoms in total. The third-order valence-electron chi connectivity index (χ3n) is 4.52. The Morgan fingerprint density at radius 3 is 3.04 bits per heavy atom. The van der Waals surface area contributed by atoms with E-state index in [1.54, 1.807) is 0 Å². The highest BCUT2D eigenvalue weighted by molar-refractivity contribution is 5.86. The van der Waals surface area contributed by atoms with Gasteiger partial charge in [-0.3, -0.25) is 0 Å². The number of aryl methyl sites for hydroxylation is 1. The lowest BCUT2D eigenvalue weighted by Crippen LogP contribution is -2.39. The molecule has 0 aliphatic carbocycles. The van der Waals surface area contributed by atoms with Gasteiger partial charge in [0.1, 0.15) is 0 Å². The lowest BCUT2D eigenvalue weighted by atomic mass is 10.1. The Labute approximate surface area is 136 Å². The molecule has 5 heteroatoms. The predicted octanol–water partition coefficient (Wildman–Crippen LogP) is 2.61. The van der Waals surface area contributed by atoms with Gasteiger partial charge in [-0.15, -0.1) is 0 Å². The van der Waals surface area contributed by atoms with E-state index >= 15 is 0 Å². The fourth-order valence-electron chi connectivity index (χ4n) is 3.13. The van der Waals surface area contributed by atoms with E-state index in [0.717, 1.165) is 32.5 Å². The summed E-state index contributed by atoms with van der Waals surface area (Å²) in [7, 11) is 0. The number of ether oxygens (including phenoxy) is 1. The Bertz CT molecular complexity index is 659. The fraction of sp³-hybridized carbons (Fsp3) is 0.500. The summed E-state index contributed by atoms with van der Waals surface area (Å²) >= 11 is 0. The smallest absolute Gasteiger partial charge is 0.314 e. The molecule has 3 N–H and O–H groups in total. The highest BCUT2D eigenvalue weighted by Crippen LogP contribution is 2.22. The monoisotopic (exact) mass is 315 g/mol. The molecular weight excluding hydrogens is 290 g/mol. The first kappa shape index (κ1) is 15.9. The van der Waals surface area contributed by atoms with Crippen LogP contribution in [0, 0.1) is 5.92 Å². The molecule has 0 radical (unpaired) electrons. The van der Waals surface area contributed by atoms with Crippen molar-refractivity contribution in [3.63, 3.8) is 0 Å². The summed E-state index contributed by atoms with van der Waals surface area (Å²) in [5.41, 5.74) is 3.80. The summed E-state index contributed by atoms with van der Waals surface area (Å²) in [4.78, 5) is 15.2. The van der Waals surface area contributed by atoms with Crippen LogP contribution in [0.3, 0.4) is 0 Å². The van der Waals surface area contributed by atoms with E-state index in [2.05, 4.69) is 46.9 Å². The first-order valence-corrected chi connectivity index (χ1v) is 8.45. The predicted molar refractivity (Wildman–Crippen MR) is 91.7 cm³/mol. The summed E-state index contributed by atoms with van der Waals surface area (Å²) < 4.78 is 5.30. The van der Waals surface area contributed by atoms with E-state index in [-0.39, 0.29) is 6.03 Å². The van der Waals surface area contributed by atoms with Gasteiger partial charge >= 0.3 is 6.03 Å². The van der Waals surface area contributed by atoms with Gasteiger partial charge in [0.15, 0.2) is 0 Å². The fourth-order valence-corrected chi connectivity index (χ4v) is 3.13. The molecule has 2 aromatic rings. The van der Waals surface area contributed by atoms with Crippen LogP contribution in [0.5, 0.6) is 0 Å². The number of aromatic nitrogens is 1. The van der Waals surface area contributed by atoms with Gasteiger partial charge in [0.25, 0.3) is 0 Å². The Hall–Kier alpha value is -2.01. The second-order valence-electron chi connectivity index (χ2n) is 6.12. The number of carbonyl (C=O) groups excluding carboxylic acids is 1. The molecule has 0 spiro atoms. The number of urea groups is 1. The molecule has 2 amide bonds. The molecule has 1 unspecified atom stereocenters. The molecule has 0 bridgehead atoms. The third kappa shape index (κ3) is 3.85. The minimum absolute atomic E-state index is 0.0917. The Morgan fingerprint density at radius 2 is 2.26 bits per heavy atom. The number of rotatable bonds is 6. The van der Waals surface area contributed by atoms with Gasteiger partial charge in [-0.05, 0) is 30.4 Å². The number of carbonyl (C=O) groups is 1. The second kappa shape index (κ2) is 7.51. The van der Waals surface area contributed by atoms with Crippen LogP contribution in [0.4, 0.5) is 4.79 Å². The van der Waals surface area contributed by atoms with Crippen LogP contribution < -0.4 is 10.6 Å². The Morgan fingerprint density at radius 1 is 1.35 bits per heavy atom. The summed E-state index contributed by atoms with van der Waals surface area (Å²) in [5.74, 6) is 0.460. The van der Waals surface area contributed by atoms with E-state index < -0.39 is 0 Å². The molecule has 1 fully saturated rings. The number of nitrogens with one attached hydrogen (secondary N) is 3. The van der Waals surface area contributed by atoms with Crippen LogP contribution >= 0.6 is 0 Å². The van der Waals surface area contributed by atoms with Crippen molar-refractivity contribution in [2.24, 2.45) is 5.92 Å². The van der Waals surface area contributed by atoms with Crippen LogP contribution in [-0.2, 0) is 17.6 Å². The number of fused-ring (bicyclic) bond motifs is 1. The van der Waals surface area contributed by atoms with Crippen LogP contribution in [0.1, 0.15) is 24.5 Å². The molecule has 1 aromatic carbocycles. The summed E-state index contributed by atoms with van der Waals surface area (Å²) in [6, 6.07) is 6.30. The Kier molecular flexibility index (Phi) is 5.18. The zero-order chi connectivity index (χ0) is 16.1. The lowest BCUT2D eigenvalue weighted by Gasteiger charge is -2.10. The third-order valence-corrected chi connectivity index (χ3v) is 4.52. The van der Waals surface area contributed by atoms with Crippen molar-refractivity contribution in [1.82, 2.24) is 15.6 Å². The molecule has 1 aliphatic rings. The molecule has 0 saturated carbocycles. The Balaban J connectivity index is 1.47. The first-order chi connectivity index (χ1) is 11.3. The number of hydrogen-bond acceptors (Lipinski definition) is 2. The SMILES string of the molecule is CCc1cccc2c(CCNC(=O)NCC3CCOC3)c[nH]c12. The number of aromatic amines is 1. The number of hydrogen-bond donors (Lipinski definition) is 3. The highest BCUT2D eigenvalue weighted by atomic mass is 16.5. The molecule has 23 heavy (non-hydrogen) atoms. The quantitative estimate of drug-likeness (QED) is 0.767. The largest absolute Gasteiger partial charge is 0.381 e. The van der Waals surface area contributed by atoms with E-state index in [9.17, 15) is 4.79 Å². The molecule has 2 heterocycles. The van der Waals surface area contributed by atoms with Crippen molar-refractivity contribution in [3.8, 4) is 0 Å². The average Bonchev–Trinajstić information content (AvgIpc) is 3.22. The van der Waals surface area contributed by atoms with Gasteiger partial charge in [-0.2, -0.15) is 0 Å². The van der Waals surface area contributed by atoms with Gasteiger partial charge < -0.3 is 20.4 Å². The van der Waals surface area contributed by atoms with Gasteiger partial charge in [0.05, 0.1) is 6.61 Å². The normalized spacial score (nSPS) is 17.5. The minimum atomic E-state index is -0.0917. The zero-order valence-electron chi connectivity index (χ0n) is 13.7. The number of para-hydroxylation sites is 1. The van der Waals surface area contributed by atoms with Crippen LogP contribution in [0.25, 0.3) is 10.9 Å². The van der Waals surface area contributed by atoms with Crippen molar-refractivity contribution in [1.29, 1.82) is 0 Å². The van der Waals surface area contributed by atoms with E-state index in [0.29, 0.717) is 19.0 Å². The molecule has 124 valence electrons. The molecule has 1 aliphatic heterocycles. The van der Waals surface area contributed by atoms with Crippen LogP contribution in [-0.4, -0.2) is 37.3 Å². The van der Waals surface area contributed by atoms with Crippen molar-refractivity contribution >= 4 is 16.9 Å². The van der Waals surface area contributed by atoms with Crippen LogP contribution in [0.2, 0.25) is 0 Å². The number of benzene rings is 1. The first-order valence-electron chi connectivity index (χ1n) is 8.45. The van der Waals surface area contributed by atoms with Gasteiger partial charge in [-0.25, -0.2) is 4.79 Å². The summed E-state index contributed by atoms with van der Waals surface area (Å²) in [6.45, 7) is 5.06.